The van der Waals surface area contributed by atoms with Crippen molar-refractivity contribution in [3.8, 4) is 0 Å². The standard InChI is InChI=1S/C17H22N2O5S/c20-16(6-4-14-5-7-17(21)18-14)13-2-1-3-15(12-13)25(22,23)19-8-10-24-11-9-19/h1-4,6,12,14,16,20H,5,7-11H2,(H,18,21)/b6-4+/t14-,16?/m0/s1. The van der Waals surface area contributed by atoms with E-state index >= 15 is 0 Å². The molecule has 136 valence electrons. The average Bonchev–Trinajstić information content (AvgIpc) is 3.06. The Morgan fingerprint density at radius 3 is 2.76 bits per heavy atom. The fourth-order valence-corrected chi connectivity index (χ4v) is 4.39. The fourth-order valence-electron chi connectivity index (χ4n) is 2.93. The van der Waals surface area contributed by atoms with Crippen molar-refractivity contribution in [2.45, 2.75) is 29.9 Å². The highest BCUT2D eigenvalue weighted by Gasteiger charge is 2.26. The predicted molar refractivity (Wildman–Crippen MR) is 91.3 cm³/mol. The maximum atomic E-state index is 12.7. The number of sulfonamides is 1. The molecule has 1 amide bonds. The molecular formula is C17H22N2O5S. The molecule has 2 fully saturated rings. The highest BCUT2D eigenvalue weighted by Crippen LogP contribution is 2.22. The van der Waals surface area contributed by atoms with Gasteiger partial charge in [0.1, 0.15) is 0 Å². The molecule has 3 rings (SSSR count). The van der Waals surface area contributed by atoms with Gasteiger partial charge in [-0.05, 0) is 24.1 Å². The highest BCUT2D eigenvalue weighted by molar-refractivity contribution is 7.89. The van der Waals surface area contributed by atoms with Crippen molar-refractivity contribution in [1.82, 2.24) is 9.62 Å². The summed E-state index contributed by atoms with van der Waals surface area (Å²) >= 11 is 0. The molecule has 8 heteroatoms. The molecule has 2 atom stereocenters. The Morgan fingerprint density at radius 1 is 1.32 bits per heavy atom. The monoisotopic (exact) mass is 366 g/mol. The number of rotatable bonds is 5. The van der Waals surface area contributed by atoms with Crippen LogP contribution >= 0.6 is 0 Å². The normalized spacial score (nSPS) is 23.7. The summed E-state index contributed by atoms with van der Waals surface area (Å²) in [5.74, 6) is 0.00254. The van der Waals surface area contributed by atoms with Crippen LogP contribution in [0.3, 0.4) is 0 Å². The summed E-state index contributed by atoms with van der Waals surface area (Å²) in [6.45, 7) is 1.43. The Labute approximate surface area is 147 Å². The lowest BCUT2D eigenvalue weighted by molar-refractivity contribution is -0.119. The van der Waals surface area contributed by atoms with Crippen molar-refractivity contribution in [2.75, 3.05) is 26.3 Å². The minimum atomic E-state index is -3.59. The minimum absolute atomic E-state index is 0.00254. The zero-order chi connectivity index (χ0) is 17.9. The van der Waals surface area contributed by atoms with Gasteiger partial charge in [-0.1, -0.05) is 24.3 Å². The number of aliphatic hydroxyl groups is 1. The third kappa shape index (κ3) is 4.27. The molecule has 2 aliphatic rings. The summed E-state index contributed by atoms with van der Waals surface area (Å²) < 4.78 is 32.0. The number of nitrogens with one attached hydrogen (secondary N) is 1. The second-order valence-electron chi connectivity index (χ2n) is 6.13. The maximum absolute atomic E-state index is 12.7. The lowest BCUT2D eigenvalue weighted by atomic mass is 10.1. The van der Waals surface area contributed by atoms with Gasteiger partial charge in [0.15, 0.2) is 0 Å². The number of carbonyl (C=O) groups is 1. The maximum Gasteiger partial charge on any atom is 0.243 e. The van der Waals surface area contributed by atoms with Gasteiger partial charge in [-0.25, -0.2) is 8.42 Å². The van der Waals surface area contributed by atoms with Gasteiger partial charge in [-0.15, -0.1) is 0 Å². The Bertz CT molecular complexity index is 756. The number of carbonyl (C=O) groups excluding carboxylic acids is 1. The van der Waals surface area contributed by atoms with Crippen molar-refractivity contribution in [3.63, 3.8) is 0 Å². The third-order valence-corrected chi connectivity index (χ3v) is 6.26. The predicted octanol–water partition coefficient (Wildman–Crippen LogP) is 0.576. The van der Waals surface area contributed by atoms with Gasteiger partial charge < -0.3 is 15.2 Å². The number of aliphatic hydroxyl groups excluding tert-OH is 1. The van der Waals surface area contributed by atoms with Gasteiger partial charge in [-0.2, -0.15) is 4.31 Å². The molecule has 1 unspecified atom stereocenters. The molecule has 1 aromatic carbocycles. The Hall–Kier alpha value is -1.74. The summed E-state index contributed by atoms with van der Waals surface area (Å²) in [6.07, 6.45) is 3.58. The molecule has 0 saturated carbocycles. The van der Waals surface area contributed by atoms with Crippen LogP contribution in [-0.4, -0.2) is 56.1 Å². The van der Waals surface area contributed by atoms with E-state index in [0.717, 1.165) is 0 Å². The Kier molecular flexibility index (Phi) is 5.53. The van der Waals surface area contributed by atoms with E-state index in [0.29, 0.717) is 44.7 Å². The molecule has 2 saturated heterocycles. The van der Waals surface area contributed by atoms with E-state index in [1.165, 1.54) is 16.4 Å². The fraction of sp³-hybridized carbons (Fsp3) is 0.471. The SMILES string of the molecule is O=C1CC[C@H](/C=C/C(O)c2cccc(S(=O)(=O)N3CCOCC3)c2)N1. The van der Waals surface area contributed by atoms with Gasteiger partial charge in [0.2, 0.25) is 15.9 Å². The second-order valence-corrected chi connectivity index (χ2v) is 8.07. The number of amides is 1. The summed E-state index contributed by atoms with van der Waals surface area (Å²) in [7, 11) is -3.59. The van der Waals surface area contributed by atoms with Crippen LogP contribution in [0.5, 0.6) is 0 Å². The summed E-state index contributed by atoms with van der Waals surface area (Å²) in [5.41, 5.74) is 0.495. The van der Waals surface area contributed by atoms with Gasteiger partial charge in [0.25, 0.3) is 0 Å². The van der Waals surface area contributed by atoms with Crippen LogP contribution in [0.25, 0.3) is 0 Å². The molecule has 0 aliphatic carbocycles. The van der Waals surface area contributed by atoms with Crippen LogP contribution in [0, 0.1) is 0 Å². The van der Waals surface area contributed by atoms with Crippen LogP contribution in [-0.2, 0) is 19.6 Å². The van der Waals surface area contributed by atoms with Crippen LogP contribution < -0.4 is 5.32 Å². The molecule has 25 heavy (non-hydrogen) atoms. The summed E-state index contributed by atoms with van der Waals surface area (Å²) in [4.78, 5) is 11.3. The lowest BCUT2D eigenvalue weighted by Gasteiger charge is -2.26. The van der Waals surface area contributed by atoms with Crippen molar-refractivity contribution in [1.29, 1.82) is 0 Å². The molecule has 7 nitrogen and oxygen atoms in total. The van der Waals surface area contributed by atoms with Gasteiger partial charge in [0.05, 0.1) is 24.2 Å². The number of hydrogen-bond donors (Lipinski definition) is 2. The molecule has 0 aromatic heterocycles. The zero-order valence-corrected chi connectivity index (χ0v) is 14.6. The first-order valence-corrected chi connectivity index (χ1v) is 9.74. The first-order valence-electron chi connectivity index (χ1n) is 8.30. The van der Waals surface area contributed by atoms with E-state index in [9.17, 15) is 18.3 Å². The second kappa shape index (κ2) is 7.65. The van der Waals surface area contributed by atoms with E-state index < -0.39 is 16.1 Å². The van der Waals surface area contributed by atoms with Crippen molar-refractivity contribution < 1.29 is 23.1 Å². The largest absolute Gasteiger partial charge is 0.384 e. The molecule has 2 N–H and O–H groups in total. The molecular weight excluding hydrogens is 344 g/mol. The highest BCUT2D eigenvalue weighted by atomic mass is 32.2. The van der Waals surface area contributed by atoms with Crippen LogP contribution in [0.2, 0.25) is 0 Å². The molecule has 1 aromatic rings. The minimum Gasteiger partial charge on any atom is -0.384 e. The number of nitrogens with zero attached hydrogens (tertiary/aromatic N) is 1. The van der Waals surface area contributed by atoms with Gasteiger partial charge in [0, 0.05) is 25.6 Å². The Balaban J connectivity index is 1.74. The van der Waals surface area contributed by atoms with E-state index in [-0.39, 0.29) is 16.8 Å². The van der Waals surface area contributed by atoms with E-state index in [2.05, 4.69) is 5.32 Å². The number of benzene rings is 1. The van der Waals surface area contributed by atoms with Gasteiger partial charge in [-0.3, -0.25) is 4.79 Å². The van der Waals surface area contributed by atoms with Crippen molar-refractivity contribution in [3.05, 3.63) is 42.0 Å². The van der Waals surface area contributed by atoms with E-state index in [1.54, 1.807) is 24.3 Å². The van der Waals surface area contributed by atoms with Gasteiger partial charge >= 0.3 is 0 Å². The molecule has 0 radical (unpaired) electrons. The first kappa shape index (κ1) is 18.1. The first-order chi connectivity index (χ1) is 12.0. The van der Waals surface area contributed by atoms with Crippen LogP contribution in [0.1, 0.15) is 24.5 Å². The third-order valence-electron chi connectivity index (χ3n) is 4.36. The quantitative estimate of drug-likeness (QED) is 0.743. The molecule has 0 bridgehead atoms. The van der Waals surface area contributed by atoms with E-state index in [1.807, 2.05) is 0 Å². The summed E-state index contributed by atoms with van der Waals surface area (Å²) in [6, 6.07) is 6.24. The molecule has 2 aliphatic heterocycles. The van der Waals surface area contributed by atoms with E-state index in [4.69, 9.17) is 4.74 Å². The van der Waals surface area contributed by atoms with Crippen molar-refractivity contribution in [2.24, 2.45) is 0 Å². The smallest absolute Gasteiger partial charge is 0.243 e. The number of ether oxygens (including phenoxy) is 1. The van der Waals surface area contributed by atoms with Crippen molar-refractivity contribution >= 4 is 15.9 Å². The lowest BCUT2D eigenvalue weighted by Crippen LogP contribution is -2.40. The number of hydrogen-bond acceptors (Lipinski definition) is 5. The molecule has 2 heterocycles. The Morgan fingerprint density at radius 2 is 2.08 bits per heavy atom. The van der Waals surface area contributed by atoms with Crippen LogP contribution in [0.4, 0.5) is 0 Å². The van der Waals surface area contributed by atoms with Crippen LogP contribution in [0.15, 0.2) is 41.3 Å². The molecule has 0 spiro atoms. The average molecular weight is 366 g/mol. The summed E-state index contributed by atoms with van der Waals surface area (Å²) in [5, 5.41) is 13.1. The topological polar surface area (TPSA) is 95.9 Å². The number of morpholine rings is 1. The zero-order valence-electron chi connectivity index (χ0n) is 13.8.